The molecule has 0 bridgehead atoms. The van der Waals surface area contributed by atoms with Crippen LogP contribution in [0.1, 0.15) is 51.4 Å². The van der Waals surface area contributed by atoms with Crippen LogP contribution in [0.25, 0.3) is 0 Å². The number of hydrogen-bond acceptors (Lipinski definition) is 1. The molecule has 3 unspecified atom stereocenters. The topological polar surface area (TPSA) is 20.2 Å². The molecule has 2 rings (SSSR count). The lowest BCUT2D eigenvalue weighted by atomic mass is 9.65. The van der Waals surface area contributed by atoms with Crippen molar-refractivity contribution >= 4 is 0 Å². The van der Waals surface area contributed by atoms with Crippen LogP contribution < -0.4 is 0 Å². The summed E-state index contributed by atoms with van der Waals surface area (Å²) < 4.78 is 0. The van der Waals surface area contributed by atoms with Gasteiger partial charge in [0.1, 0.15) is 0 Å². The van der Waals surface area contributed by atoms with Crippen molar-refractivity contribution in [3.05, 3.63) is 0 Å². The van der Waals surface area contributed by atoms with Crippen molar-refractivity contribution < 1.29 is 5.11 Å². The molecule has 1 N–H and O–H groups in total. The van der Waals surface area contributed by atoms with Gasteiger partial charge in [0.25, 0.3) is 0 Å². The molecule has 2 saturated carbocycles. The summed E-state index contributed by atoms with van der Waals surface area (Å²) in [6, 6.07) is 0. The van der Waals surface area contributed by atoms with E-state index in [1.165, 1.54) is 44.9 Å². The molecule has 2 fully saturated rings. The van der Waals surface area contributed by atoms with Gasteiger partial charge in [-0.3, -0.25) is 0 Å². The fourth-order valence-corrected chi connectivity index (χ4v) is 3.60. The van der Waals surface area contributed by atoms with Crippen LogP contribution in [-0.4, -0.2) is 11.7 Å². The Bertz CT molecular complexity index is 151. The molecule has 0 spiro atoms. The highest BCUT2D eigenvalue weighted by Crippen LogP contribution is 2.44. The van der Waals surface area contributed by atoms with Crippen molar-refractivity contribution in [3.63, 3.8) is 0 Å². The van der Waals surface area contributed by atoms with Crippen molar-refractivity contribution in [3.8, 4) is 0 Å². The molecule has 0 aromatic carbocycles. The Balaban J connectivity index is 1.94. The fourth-order valence-electron chi connectivity index (χ4n) is 3.60. The maximum atomic E-state index is 9.01. The van der Waals surface area contributed by atoms with Crippen LogP contribution in [0, 0.1) is 17.8 Å². The standard InChI is InChI=1S/C12H22O/c13-9-8-11-6-3-5-10-4-1-2-7-12(10)11/h10-13H,1-9H2. The molecular weight excluding hydrogens is 160 g/mol. The Morgan fingerprint density at radius 3 is 2.54 bits per heavy atom. The third-order valence-electron chi connectivity index (χ3n) is 4.22. The first kappa shape index (κ1) is 9.51. The zero-order chi connectivity index (χ0) is 9.10. The third kappa shape index (κ3) is 2.07. The van der Waals surface area contributed by atoms with Gasteiger partial charge in [-0.15, -0.1) is 0 Å². The van der Waals surface area contributed by atoms with Gasteiger partial charge in [0, 0.05) is 6.61 Å². The van der Waals surface area contributed by atoms with Crippen molar-refractivity contribution in [2.24, 2.45) is 17.8 Å². The summed E-state index contributed by atoms with van der Waals surface area (Å²) >= 11 is 0. The minimum Gasteiger partial charge on any atom is -0.396 e. The van der Waals surface area contributed by atoms with E-state index in [4.69, 9.17) is 5.11 Å². The van der Waals surface area contributed by atoms with E-state index < -0.39 is 0 Å². The summed E-state index contributed by atoms with van der Waals surface area (Å²) in [5.41, 5.74) is 0. The summed E-state index contributed by atoms with van der Waals surface area (Å²) in [5, 5.41) is 9.01. The van der Waals surface area contributed by atoms with Gasteiger partial charge in [-0.1, -0.05) is 38.5 Å². The van der Waals surface area contributed by atoms with Crippen LogP contribution in [0.3, 0.4) is 0 Å². The summed E-state index contributed by atoms with van der Waals surface area (Å²) in [4.78, 5) is 0. The number of aliphatic hydroxyl groups excluding tert-OH is 1. The lowest BCUT2D eigenvalue weighted by molar-refractivity contribution is 0.0840. The van der Waals surface area contributed by atoms with Crippen LogP contribution in [0.2, 0.25) is 0 Å². The molecule has 2 aliphatic rings. The highest BCUT2D eigenvalue weighted by Gasteiger charge is 2.33. The molecule has 1 nitrogen and oxygen atoms in total. The first-order valence-electron chi connectivity index (χ1n) is 6.02. The molecule has 0 saturated heterocycles. The van der Waals surface area contributed by atoms with E-state index in [2.05, 4.69) is 0 Å². The van der Waals surface area contributed by atoms with Crippen LogP contribution in [0.4, 0.5) is 0 Å². The predicted molar refractivity (Wildman–Crippen MR) is 54.5 cm³/mol. The Morgan fingerprint density at radius 2 is 1.69 bits per heavy atom. The van der Waals surface area contributed by atoms with Gasteiger partial charge in [-0.2, -0.15) is 0 Å². The van der Waals surface area contributed by atoms with E-state index >= 15 is 0 Å². The summed E-state index contributed by atoms with van der Waals surface area (Å²) in [6.07, 6.45) is 11.2. The van der Waals surface area contributed by atoms with Gasteiger partial charge in [0.2, 0.25) is 0 Å². The smallest absolute Gasteiger partial charge is 0.0433 e. The molecule has 0 aliphatic heterocycles. The molecule has 76 valence electrons. The molecule has 0 radical (unpaired) electrons. The first-order chi connectivity index (χ1) is 6.42. The Labute approximate surface area is 81.5 Å². The Kier molecular flexibility index (Phi) is 3.26. The average Bonchev–Trinajstić information content (AvgIpc) is 2.19. The highest BCUT2D eigenvalue weighted by atomic mass is 16.3. The molecular formula is C12H22O. The van der Waals surface area contributed by atoms with Gasteiger partial charge in [-0.05, 0) is 30.6 Å². The van der Waals surface area contributed by atoms with Crippen molar-refractivity contribution in [2.45, 2.75) is 51.4 Å². The number of rotatable bonds is 2. The van der Waals surface area contributed by atoms with E-state index in [-0.39, 0.29) is 0 Å². The van der Waals surface area contributed by atoms with E-state index in [1.54, 1.807) is 0 Å². The monoisotopic (exact) mass is 182 g/mol. The maximum absolute atomic E-state index is 9.01. The molecule has 0 aromatic rings. The number of hydrogen-bond donors (Lipinski definition) is 1. The number of aliphatic hydroxyl groups is 1. The molecule has 0 heterocycles. The van der Waals surface area contributed by atoms with E-state index in [0.29, 0.717) is 6.61 Å². The maximum Gasteiger partial charge on any atom is 0.0433 e. The van der Waals surface area contributed by atoms with Crippen LogP contribution >= 0.6 is 0 Å². The Morgan fingerprint density at radius 1 is 0.923 bits per heavy atom. The summed E-state index contributed by atoms with van der Waals surface area (Å²) in [7, 11) is 0. The fraction of sp³-hybridized carbons (Fsp3) is 1.00. The highest BCUT2D eigenvalue weighted by molar-refractivity contribution is 4.84. The summed E-state index contributed by atoms with van der Waals surface area (Å²) in [6.45, 7) is 0.411. The van der Waals surface area contributed by atoms with E-state index in [1.807, 2.05) is 0 Å². The number of fused-ring (bicyclic) bond motifs is 1. The van der Waals surface area contributed by atoms with Gasteiger partial charge >= 0.3 is 0 Å². The van der Waals surface area contributed by atoms with E-state index in [9.17, 15) is 0 Å². The molecule has 0 aromatic heterocycles. The predicted octanol–water partition coefficient (Wildman–Crippen LogP) is 2.98. The Hall–Kier alpha value is -0.0400. The second-order valence-corrected chi connectivity index (χ2v) is 4.91. The lowest BCUT2D eigenvalue weighted by Gasteiger charge is -2.41. The van der Waals surface area contributed by atoms with Crippen molar-refractivity contribution in [1.82, 2.24) is 0 Å². The quantitative estimate of drug-likeness (QED) is 0.696. The van der Waals surface area contributed by atoms with Gasteiger partial charge in [0.15, 0.2) is 0 Å². The van der Waals surface area contributed by atoms with Crippen molar-refractivity contribution in [1.29, 1.82) is 0 Å². The second-order valence-electron chi connectivity index (χ2n) is 4.91. The van der Waals surface area contributed by atoms with E-state index in [0.717, 1.165) is 24.2 Å². The van der Waals surface area contributed by atoms with Crippen LogP contribution in [-0.2, 0) is 0 Å². The molecule has 13 heavy (non-hydrogen) atoms. The minimum atomic E-state index is 0.411. The zero-order valence-electron chi connectivity index (χ0n) is 8.54. The lowest BCUT2D eigenvalue weighted by Crippen LogP contribution is -2.31. The molecule has 2 aliphatic carbocycles. The molecule has 3 atom stereocenters. The average molecular weight is 182 g/mol. The third-order valence-corrected chi connectivity index (χ3v) is 4.22. The molecule has 1 heteroatoms. The first-order valence-corrected chi connectivity index (χ1v) is 6.02. The largest absolute Gasteiger partial charge is 0.396 e. The van der Waals surface area contributed by atoms with Crippen molar-refractivity contribution in [2.75, 3.05) is 6.61 Å². The molecule has 0 amide bonds. The SMILES string of the molecule is OCCC1CCCC2CCCCC12. The van der Waals surface area contributed by atoms with Crippen LogP contribution in [0.15, 0.2) is 0 Å². The zero-order valence-corrected chi connectivity index (χ0v) is 8.54. The van der Waals surface area contributed by atoms with Gasteiger partial charge < -0.3 is 5.11 Å². The minimum absolute atomic E-state index is 0.411. The van der Waals surface area contributed by atoms with Crippen LogP contribution in [0.5, 0.6) is 0 Å². The van der Waals surface area contributed by atoms with Gasteiger partial charge in [-0.25, -0.2) is 0 Å². The van der Waals surface area contributed by atoms with Gasteiger partial charge in [0.05, 0.1) is 0 Å². The normalized spacial score (nSPS) is 39.9. The summed E-state index contributed by atoms with van der Waals surface area (Å²) in [5.74, 6) is 2.87. The second kappa shape index (κ2) is 4.45.